The lowest BCUT2D eigenvalue weighted by molar-refractivity contribution is -0.115. The van der Waals surface area contributed by atoms with Crippen molar-refractivity contribution in [3.63, 3.8) is 0 Å². The van der Waals surface area contributed by atoms with E-state index in [4.69, 9.17) is 5.11 Å². The number of nitrogens with zero attached hydrogens (tertiary/aromatic N) is 2. The van der Waals surface area contributed by atoms with Gasteiger partial charge in [-0.05, 0) is 24.6 Å². The van der Waals surface area contributed by atoms with Crippen molar-refractivity contribution >= 4 is 33.9 Å². The molecule has 0 atom stereocenters. The molecule has 0 bridgehead atoms. The van der Waals surface area contributed by atoms with E-state index >= 15 is 0 Å². The molecule has 0 aliphatic carbocycles. The highest BCUT2D eigenvalue weighted by Gasteiger charge is 2.14. The third-order valence-corrected chi connectivity index (χ3v) is 5.34. The molecule has 0 unspecified atom stereocenters. The lowest BCUT2D eigenvalue weighted by atomic mass is 10.1. The van der Waals surface area contributed by atoms with Gasteiger partial charge < -0.3 is 10.4 Å². The molecular weight excluding hydrogens is 374 g/mol. The minimum atomic E-state index is -1.03. The second kappa shape index (κ2) is 7.28. The van der Waals surface area contributed by atoms with Crippen molar-refractivity contribution in [1.82, 2.24) is 9.38 Å². The summed E-state index contributed by atoms with van der Waals surface area (Å²) in [6, 6.07) is 14.6. The van der Waals surface area contributed by atoms with Gasteiger partial charge in [0.05, 0.1) is 17.7 Å². The van der Waals surface area contributed by atoms with Crippen LogP contribution in [0.2, 0.25) is 0 Å². The van der Waals surface area contributed by atoms with Crippen LogP contribution in [0.3, 0.4) is 0 Å². The Kier molecular flexibility index (Phi) is 4.67. The maximum atomic E-state index is 12.5. The van der Waals surface area contributed by atoms with Gasteiger partial charge in [-0.25, -0.2) is 9.78 Å². The first-order valence-corrected chi connectivity index (χ1v) is 9.54. The number of fused-ring (bicyclic) bond motifs is 1. The Hall–Kier alpha value is -3.45. The Morgan fingerprint density at radius 2 is 1.96 bits per heavy atom. The van der Waals surface area contributed by atoms with Crippen LogP contribution in [0.1, 0.15) is 21.6 Å². The normalized spacial score (nSPS) is 10.9. The van der Waals surface area contributed by atoms with Crippen molar-refractivity contribution in [3.05, 3.63) is 76.9 Å². The average Bonchev–Trinajstić information content (AvgIpc) is 3.26. The van der Waals surface area contributed by atoms with Crippen molar-refractivity contribution < 1.29 is 14.7 Å². The van der Waals surface area contributed by atoms with Crippen LogP contribution in [0.5, 0.6) is 0 Å². The molecule has 0 saturated carbocycles. The number of carbonyl (C=O) groups excluding carboxylic acids is 1. The molecule has 0 radical (unpaired) electrons. The van der Waals surface area contributed by atoms with Crippen LogP contribution >= 0.6 is 11.3 Å². The zero-order valence-corrected chi connectivity index (χ0v) is 15.9. The first-order valence-electron chi connectivity index (χ1n) is 8.66. The van der Waals surface area contributed by atoms with Gasteiger partial charge in [0.25, 0.3) is 0 Å². The summed E-state index contributed by atoms with van der Waals surface area (Å²) < 4.78 is 1.92. The highest BCUT2D eigenvalue weighted by molar-refractivity contribution is 7.15. The number of carboxylic acids is 1. The first-order chi connectivity index (χ1) is 13.5. The number of hydrogen-bond donors (Lipinski definition) is 2. The van der Waals surface area contributed by atoms with E-state index in [1.807, 2.05) is 53.2 Å². The molecule has 6 nitrogen and oxygen atoms in total. The van der Waals surface area contributed by atoms with Gasteiger partial charge in [0.2, 0.25) is 5.91 Å². The monoisotopic (exact) mass is 391 g/mol. The summed E-state index contributed by atoms with van der Waals surface area (Å²) in [5.74, 6) is -1.23. The van der Waals surface area contributed by atoms with Crippen LogP contribution in [0, 0.1) is 6.92 Å². The molecule has 2 heterocycles. The smallest absolute Gasteiger partial charge is 0.335 e. The van der Waals surface area contributed by atoms with E-state index < -0.39 is 5.97 Å². The average molecular weight is 391 g/mol. The SMILES string of the molecule is Cc1ccc(C(=O)O)cc1NC(=O)Cc1csc2nc(-c3ccccc3)cn12. The standard InChI is InChI=1S/C21H17N3O3S/c1-13-7-8-15(20(26)27)9-17(13)22-19(25)10-16-12-28-21-23-18(11-24(16)21)14-5-3-2-4-6-14/h2-9,11-12H,10H2,1H3,(H,22,25)(H,26,27). The fourth-order valence-corrected chi connectivity index (χ4v) is 3.83. The molecule has 0 spiro atoms. The number of aromatic carboxylic acids is 1. The molecule has 4 aromatic rings. The number of carbonyl (C=O) groups is 2. The second-order valence-corrected chi connectivity index (χ2v) is 7.27. The zero-order valence-electron chi connectivity index (χ0n) is 15.0. The van der Waals surface area contributed by atoms with Crippen LogP contribution in [-0.4, -0.2) is 26.4 Å². The molecule has 0 fully saturated rings. The van der Waals surface area contributed by atoms with Gasteiger partial charge in [0.15, 0.2) is 4.96 Å². The van der Waals surface area contributed by atoms with Crippen molar-refractivity contribution in [3.8, 4) is 11.3 Å². The summed E-state index contributed by atoms with van der Waals surface area (Å²) in [4.78, 5) is 29.1. The van der Waals surface area contributed by atoms with Gasteiger partial charge in [0.1, 0.15) is 0 Å². The van der Waals surface area contributed by atoms with Gasteiger partial charge >= 0.3 is 5.97 Å². The van der Waals surface area contributed by atoms with Crippen LogP contribution in [0.25, 0.3) is 16.2 Å². The highest BCUT2D eigenvalue weighted by Crippen LogP contribution is 2.24. The lowest BCUT2D eigenvalue weighted by Crippen LogP contribution is -2.16. The van der Waals surface area contributed by atoms with Crippen LogP contribution in [0.4, 0.5) is 5.69 Å². The van der Waals surface area contributed by atoms with E-state index in [2.05, 4.69) is 10.3 Å². The van der Waals surface area contributed by atoms with Crippen LogP contribution < -0.4 is 5.32 Å². The molecule has 2 aromatic carbocycles. The molecule has 2 N–H and O–H groups in total. The number of imidazole rings is 1. The molecule has 0 saturated heterocycles. The summed E-state index contributed by atoms with van der Waals surface area (Å²) in [6.07, 6.45) is 2.10. The maximum Gasteiger partial charge on any atom is 0.335 e. The van der Waals surface area contributed by atoms with E-state index in [9.17, 15) is 9.59 Å². The molecule has 140 valence electrons. The molecule has 2 aromatic heterocycles. The third kappa shape index (κ3) is 3.52. The Balaban J connectivity index is 1.55. The van der Waals surface area contributed by atoms with Crippen LogP contribution in [-0.2, 0) is 11.2 Å². The van der Waals surface area contributed by atoms with Gasteiger partial charge in [-0.2, -0.15) is 0 Å². The Morgan fingerprint density at radius 3 is 2.71 bits per heavy atom. The van der Waals surface area contributed by atoms with E-state index in [0.29, 0.717) is 5.69 Å². The fourth-order valence-electron chi connectivity index (χ4n) is 2.95. The number of nitrogens with one attached hydrogen (secondary N) is 1. The van der Waals surface area contributed by atoms with Crippen LogP contribution in [0.15, 0.2) is 60.1 Å². The summed E-state index contributed by atoms with van der Waals surface area (Å²) >= 11 is 1.48. The Morgan fingerprint density at radius 1 is 1.18 bits per heavy atom. The topological polar surface area (TPSA) is 83.7 Å². The second-order valence-electron chi connectivity index (χ2n) is 6.43. The number of anilines is 1. The summed E-state index contributed by atoms with van der Waals surface area (Å²) in [6.45, 7) is 1.83. The minimum Gasteiger partial charge on any atom is -0.478 e. The number of hydrogen-bond acceptors (Lipinski definition) is 4. The highest BCUT2D eigenvalue weighted by atomic mass is 32.1. The summed E-state index contributed by atoms with van der Waals surface area (Å²) in [5.41, 5.74) is 4.17. The molecule has 4 rings (SSSR count). The summed E-state index contributed by atoms with van der Waals surface area (Å²) in [5, 5.41) is 13.9. The number of rotatable bonds is 5. The van der Waals surface area contributed by atoms with Gasteiger partial charge in [-0.1, -0.05) is 36.4 Å². The number of aryl methyl sites for hydroxylation is 1. The molecule has 7 heteroatoms. The summed E-state index contributed by atoms with van der Waals surface area (Å²) in [7, 11) is 0. The number of aromatic nitrogens is 2. The first kappa shape index (κ1) is 17.9. The molecule has 28 heavy (non-hydrogen) atoms. The third-order valence-electron chi connectivity index (χ3n) is 4.45. The van der Waals surface area contributed by atoms with E-state index in [-0.39, 0.29) is 17.9 Å². The van der Waals surface area contributed by atoms with Gasteiger partial charge in [0, 0.05) is 28.5 Å². The fraction of sp³-hybridized carbons (Fsp3) is 0.0952. The quantitative estimate of drug-likeness (QED) is 0.533. The number of amides is 1. The zero-order chi connectivity index (χ0) is 19.7. The van der Waals surface area contributed by atoms with Gasteiger partial charge in [-0.15, -0.1) is 11.3 Å². The minimum absolute atomic E-state index is 0.140. The predicted octanol–water partition coefficient (Wildman–Crippen LogP) is 4.25. The van der Waals surface area contributed by atoms with Crippen molar-refractivity contribution in [2.45, 2.75) is 13.3 Å². The number of thiazole rings is 1. The molecule has 1 amide bonds. The lowest BCUT2D eigenvalue weighted by Gasteiger charge is -2.09. The Labute approximate surface area is 165 Å². The largest absolute Gasteiger partial charge is 0.478 e. The number of benzene rings is 2. The predicted molar refractivity (Wildman–Crippen MR) is 109 cm³/mol. The maximum absolute atomic E-state index is 12.5. The number of carboxylic acid groups (broad SMARTS) is 1. The Bertz CT molecular complexity index is 1180. The van der Waals surface area contributed by atoms with Gasteiger partial charge in [-0.3, -0.25) is 9.20 Å². The van der Waals surface area contributed by atoms with Crippen molar-refractivity contribution in [1.29, 1.82) is 0 Å². The van der Waals surface area contributed by atoms with Crippen molar-refractivity contribution in [2.75, 3.05) is 5.32 Å². The molecule has 0 aliphatic rings. The van der Waals surface area contributed by atoms with E-state index in [1.54, 1.807) is 6.07 Å². The molecule has 0 aliphatic heterocycles. The van der Waals surface area contributed by atoms with E-state index in [1.165, 1.54) is 23.5 Å². The molecular formula is C21H17N3O3S. The van der Waals surface area contributed by atoms with E-state index in [0.717, 1.165) is 27.5 Å². The van der Waals surface area contributed by atoms with Crippen molar-refractivity contribution in [2.24, 2.45) is 0 Å².